The maximum Gasteiger partial charge on any atom is 0.294 e. The molecule has 1 atom stereocenters. The number of aliphatic hydroxyl groups excluding tert-OH is 1. The summed E-state index contributed by atoms with van der Waals surface area (Å²) in [6.07, 6.45) is 0. The molecule has 200 valence electrons. The fourth-order valence-electron chi connectivity index (χ4n) is 5.05. The lowest BCUT2D eigenvalue weighted by Crippen LogP contribution is -2.31. The summed E-state index contributed by atoms with van der Waals surface area (Å²) < 4.78 is 11.3. The van der Waals surface area contributed by atoms with Crippen LogP contribution in [0.5, 0.6) is 5.75 Å². The van der Waals surface area contributed by atoms with Gasteiger partial charge in [0.15, 0.2) is 22.9 Å². The second-order valence-electron chi connectivity index (χ2n) is 11.3. The Hall–Kier alpha value is -4.32. The monoisotopic (exact) mass is 523 g/mol. The molecule has 0 saturated carbocycles. The number of rotatable bonds is 6. The number of hydrogen-bond acceptors (Lipinski definition) is 5. The number of benzene rings is 3. The summed E-state index contributed by atoms with van der Waals surface area (Å²) in [7, 11) is 1.53. The Morgan fingerprint density at radius 3 is 2.26 bits per heavy atom. The number of hydrogen-bond donors (Lipinski definition) is 1. The number of amides is 1. The van der Waals surface area contributed by atoms with Gasteiger partial charge in [0.05, 0.1) is 18.7 Å². The fourth-order valence-corrected chi connectivity index (χ4v) is 5.05. The molecule has 0 bridgehead atoms. The van der Waals surface area contributed by atoms with E-state index in [2.05, 4.69) is 34.6 Å². The first-order chi connectivity index (χ1) is 18.5. The molecule has 6 nitrogen and oxygen atoms in total. The maximum atomic E-state index is 14.0. The Labute approximate surface area is 228 Å². The lowest BCUT2D eigenvalue weighted by Gasteiger charge is -2.28. The standard InChI is InChI=1S/C33H33NO5/c1-19(2)20-12-16-24(17-13-20)34-28(21-10-14-23(15-11-21)33(3,4)5)27(30(36)32(34)37)29(35)26-18-22-8-7-9-25(38-6)31(22)39-26/h7-19,28,36H,1-6H3. The lowest BCUT2D eigenvalue weighted by atomic mass is 9.85. The van der Waals surface area contributed by atoms with Gasteiger partial charge < -0.3 is 14.3 Å². The first kappa shape index (κ1) is 26.3. The number of carbonyl (C=O) groups excluding carboxylic acids is 2. The van der Waals surface area contributed by atoms with Crippen molar-refractivity contribution in [3.05, 3.63) is 107 Å². The van der Waals surface area contributed by atoms with Gasteiger partial charge in [-0.25, -0.2) is 0 Å². The predicted octanol–water partition coefficient (Wildman–Crippen LogP) is 7.65. The normalized spacial score (nSPS) is 16.0. The molecule has 1 unspecified atom stereocenters. The van der Waals surface area contributed by atoms with Crippen molar-refractivity contribution in [2.24, 2.45) is 0 Å². The Kier molecular flexibility index (Phi) is 6.59. The minimum Gasteiger partial charge on any atom is -0.503 e. The van der Waals surface area contributed by atoms with Gasteiger partial charge in [-0.2, -0.15) is 0 Å². The quantitative estimate of drug-likeness (QED) is 0.263. The highest BCUT2D eigenvalue weighted by Crippen LogP contribution is 2.43. The van der Waals surface area contributed by atoms with Gasteiger partial charge >= 0.3 is 0 Å². The molecule has 0 aliphatic carbocycles. The Balaban J connectivity index is 1.64. The first-order valence-corrected chi connectivity index (χ1v) is 13.1. The van der Waals surface area contributed by atoms with Gasteiger partial charge in [-0.15, -0.1) is 0 Å². The summed E-state index contributed by atoms with van der Waals surface area (Å²) in [5.74, 6) is -0.918. The number of Topliss-reactive ketones (excluding diaryl/α,β-unsaturated/α-hetero) is 1. The van der Waals surface area contributed by atoms with E-state index in [9.17, 15) is 14.7 Å². The van der Waals surface area contributed by atoms with Crippen LogP contribution in [0.25, 0.3) is 11.0 Å². The molecule has 4 aromatic rings. The maximum absolute atomic E-state index is 14.0. The molecule has 6 heteroatoms. The smallest absolute Gasteiger partial charge is 0.294 e. The number of furan rings is 1. The van der Waals surface area contributed by atoms with E-state index in [0.717, 1.165) is 11.1 Å². The summed E-state index contributed by atoms with van der Waals surface area (Å²) in [5.41, 5.74) is 3.89. The van der Waals surface area contributed by atoms with Crippen molar-refractivity contribution >= 4 is 28.3 Å². The third-order valence-corrected chi connectivity index (χ3v) is 7.33. The molecule has 0 spiro atoms. The van der Waals surface area contributed by atoms with Crippen LogP contribution in [0, 0.1) is 0 Å². The highest BCUT2D eigenvalue weighted by Gasteiger charge is 2.45. The number of carbonyl (C=O) groups is 2. The van der Waals surface area contributed by atoms with Crippen LogP contribution in [0.2, 0.25) is 0 Å². The summed E-state index contributed by atoms with van der Waals surface area (Å²) in [5, 5.41) is 11.8. The van der Waals surface area contributed by atoms with Crippen LogP contribution in [-0.2, 0) is 10.2 Å². The Bertz CT molecular complexity index is 1580. The molecular weight excluding hydrogens is 490 g/mol. The number of fused-ring (bicyclic) bond motifs is 1. The average Bonchev–Trinajstić information content (AvgIpc) is 3.47. The van der Waals surface area contributed by atoms with Gasteiger partial charge in [0.1, 0.15) is 0 Å². The van der Waals surface area contributed by atoms with Gasteiger partial charge in [-0.05, 0) is 52.3 Å². The summed E-state index contributed by atoms with van der Waals surface area (Å²) >= 11 is 0. The van der Waals surface area contributed by atoms with Crippen molar-refractivity contribution in [3.63, 3.8) is 0 Å². The number of aliphatic hydroxyl groups is 1. The third kappa shape index (κ3) is 4.60. The van der Waals surface area contributed by atoms with Crippen molar-refractivity contribution in [1.82, 2.24) is 0 Å². The predicted molar refractivity (Wildman–Crippen MR) is 153 cm³/mol. The van der Waals surface area contributed by atoms with Crippen molar-refractivity contribution in [2.75, 3.05) is 12.0 Å². The zero-order valence-electron chi connectivity index (χ0n) is 23.1. The second-order valence-corrected chi connectivity index (χ2v) is 11.3. The van der Waals surface area contributed by atoms with Crippen LogP contribution in [0.15, 0.2) is 88.5 Å². The summed E-state index contributed by atoms with van der Waals surface area (Å²) in [4.78, 5) is 29.0. The Morgan fingerprint density at radius 2 is 1.67 bits per heavy atom. The number of nitrogens with zero attached hydrogens (tertiary/aromatic N) is 1. The van der Waals surface area contributed by atoms with E-state index in [1.54, 1.807) is 12.1 Å². The molecule has 2 heterocycles. The van der Waals surface area contributed by atoms with E-state index in [-0.39, 0.29) is 16.7 Å². The molecule has 3 aromatic carbocycles. The molecule has 0 saturated heterocycles. The van der Waals surface area contributed by atoms with E-state index in [1.807, 2.05) is 60.7 Å². The van der Waals surface area contributed by atoms with Crippen LogP contribution in [0.4, 0.5) is 5.69 Å². The molecule has 1 amide bonds. The van der Waals surface area contributed by atoms with E-state index in [0.29, 0.717) is 33.9 Å². The van der Waals surface area contributed by atoms with Crippen LogP contribution in [0.3, 0.4) is 0 Å². The van der Waals surface area contributed by atoms with Crippen LogP contribution in [-0.4, -0.2) is 23.9 Å². The molecule has 5 rings (SSSR count). The topological polar surface area (TPSA) is 80.0 Å². The van der Waals surface area contributed by atoms with Crippen molar-refractivity contribution in [3.8, 4) is 5.75 Å². The van der Waals surface area contributed by atoms with Gasteiger partial charge in [0, 0.05) is 11.1 Å². The largest absolute Gasteiger partial charge is 0.503 e. The number of ether oxygens (including phenoxy) is 1. The minimum atomic E-state index is -0.834. The van der Waals surface area contributed by atoms with Crippen molar-refractivity contribution in [2.45, 2.75) is 52.0 Å². The Morgan fingerprint density at radius 1 is 1.00 bits per heavy atom. The third-order valence-electron chi connectivity index (χ3n) is 7.33. The zero-order chi connectivity index (χ0) is 28.1. The molecule has 1 aliphatic heterocycles. The number of methoxy groups -OCH3 is 1. The van der Waals surface area contributed by atoms with E-state index < -0.39 is 23.5 Å². The number of para-hydroxylation sites is 1. The molecule has 0 radical (unpaired) electrons. The van der Waals surface area contributed by atoms with Crippen molar-refractivity contribution < 1.29 is 23.8 Å². The molecule has 1 aliphatic rings. The fraction of sp³-hybridized carbons (Fsp3) is 0.273. The van der Waals surface area contributed by atoms with Gasteiger partial charge in [0.25, 0.3) is 5.91 Å². The van der Waals surface area contributed by atoms with E-state index in [1.165, 1.54) is 12.0 Å². The van der Waals surface area contributed by atoms with Crippen LogP contribution in [0.1, 0.15) is 73.8 Å². The van der Waals surface area contributed by atoms with E-state index in [4.69, 9.17) is 9.15 Å². The van der Waals surface area contributed by atoms with Gasteiger partial charge in [-0.3, -0.25) is 14.5 Å². The molecule has 1 N–H and O–H groups in total. The average molecular weight is 524 g/mol. The number of ketones is 1. The van der Waals surface area contributed by atoms with Crippen LogP contribution < -0.4 is 9.64 Å². The van der Waals surface area contributed by atoms with Gasteiger partial charge in [0.2, 0.25) is 5.78 Å². The molecular formula is C33H33NO5. The minimum absolute atomic E-state index is 0.0190. The molecule has 0 fully saturated rings. The van der Waals surface area contributed by atoms with Gasteiger partial charge in [-0.1, -0.05) is 83.1 Å². The summed E-state index contributed by atoms with van der Waals surface area (Å²) in [6.45, 7) is 10.6. The highest BCUT2D eigenvalue weighted by molar-refractivity contribution is 6.20. The second kappa shape index (κ2) is 9.77. The number of anilines is 1. The zero-order valence-corrected chi connectivity index (χ0v) is 23.1. The summed E-state index contributed by atoms with van der Waals surface area (Å²) in [6, 6.07) is 21.6. The van der Waals surface area contributed by atoms with Crippen molar-refractivity contribution in [1.29, 1.82) is 0 Å². The molecule has 1 aromatic heterocycles. The highest BCUT2D eigenvalue weighted by atomic mass is 16.5. The van der Waals surface area contributed by atoms with Crippen LogP contribution >= 0.6 is 0 Å². The first-order valence-electron chi connectivity index (χ1n) is 13.1. The molecule has 39 heavy (non-hydrogen) atoms. The lowest BCUT2D eigenvalue weighted by molar-refractivity contribution is -0.117. The SMILES string of the molecule is COc1cccc2cc(C(=O)C3=C(O)C(=O)N(c4ccc(C(C)C)cc4)C3c3ccc(C(C)(C)C)cc3)oc12. The van der Waals surface area contributed by atoms with E-state index >= 15 is 0 Å².